The number of methoxy groups -OCH3 is 1. The lowest BCUT2D eigenvalue weighted by Crippen LogP contribution is -2.46. The molecule has 0 bridgehead atoms. The van der Waals surface area contributed by atoms with Gasteiger partial charge in [0.05, 0.1) is 7.11 Å². The van der Waals surface area contributed by atoms with Gasteiger partial charge in [0.2, 0.25) is 10.0 Å². The number of carbonyl (C=O) groups is 1. The maximum absolute atomic E-state index is 12.4. The zero-order valence-corrected chi connectivity index (χ0v) is 15.6. The molecule has 136 valence electrons. The molecular weight excluding hydrogens is 354 g/mol. The molecule has 1 saturated heterocycles. The Bertz CT molecular complexity index is 681. The third kappa shape index (κ3) is 4.83. The molecule has 1 amide bonds. The molecule has 0 spiro atoms. The van der Waals surface area contributed by atoms with Gasteiger partial charge >= 0.3 is 0 Å². The van der Waals surface area contributed by atoms with E-state index in [-0.39, 0.29) is 35.0 Å². The Morgan fingerprint density at radius 2 is 2.08 bits per heavy atom. The van der Waals surface area contributed by atoms with E-state index >= 15 is 0 Å². The third-order valence-electron chi connectivity index (χ3n) is 3.94. The van der Waals surface area contributed by atoms with Crippen LogP contribution in [0.2, 0.25) is 0 Å². The summed E-state index contributed by atoms with van der Waals surface area (Å²) < 4.78 is 31.4. The van der Waals surface area contributed by atoms with Crippen molar-refractivity contribution in [1.29, 1.82) is 0 Å². The molecule has 2 unspecified atom stereocenters. The number of piperidine rings is 1. The number of hydrogen-bond acceptors (Lipinski definition) is 5. The maximum atomic E-state index is 12.4. The smallest absolute Gasteiger partial charge is 0.251 e. The minimum atomic E-state index is -3.70. The van der Waals surface area contributed by atoms with E-state index in [9.17, 15) is 13.2 Å². The number of nitrogens with one attached hydrogen (secondary N) is 3. The van der Waals surface area contributed by atoms with Crippen molar-refractivity contribution in [2.24, 2.45) is 0 Å². The van der Waals surface area contributed by atoms with Crippen molar-refractivity contribution >= 4 is 28.3 Å². The van der Waals surface area contributed by atoms with Crippen molar-refractivity contribution in [3.05, 3.63) is 23.8 Å². The van der Waals surface area contributed by atoms with Crippen LogP contribution in [0.15, 0.2) is 23.1 Å². The van der Waals surface area contributed by atoms with Gasteiger partial charge in [-0.05, 0) is 51.6 Å². The molecule has 1 aromatic carbocycles. The van der Waals surface area contributed by atoms with Gasteiger partial charge in [0, 0.05) is 17.6 Å². The van der Waals surface area contributed by atoms with E-state index in [1.165, 1.54) is 26.3 Å². The number of carbonyl (C=O) groups excluding carboxylic acids is 1. The summed E-state index contributed by atoms with van der Waals surface area (Å²) in [6, 6.07) is 4.83. The first kappa shape index (κ1) is 20.7. The number of ether oxygens (including phenoxy) is 1. The molecule has 0 aliphatic carbocycles. The zero-order chi connectivity index (χ0) is 17.0. The van der Waals surface area contributed by atoms with Gasteiger partial charge in [-0.1, -0.05) is 0 Å². The van der Waals surface area contributed by atoms with Gasteiger partial charge in [-0.25, -0.2) is 13.1 Å². The Morgan fingerprint density at radius 1 is 1.38 bits per heavy atom. The second-order valence-corrected chi connectivity index (χ2v) is 7.48. The highest BCUT2D eigenvalue weighted by Crippen LogP contribution is 2.24. The first-order chi connectivity index (χ1) is 10.9. The highest BCUT2D eigenvalue weighted by molar-refractivity contribution is 7.89. The van der Waals surface area contributed by atoms with Gasteiger partial charge in [-0.3, -0.25) is 4.79 Å². The van der Waals surface area contributed by atoms with Crippen LogP contribution in [0.5, 0.6) is 5.75 Å². The molecule has 9 heteroatoms. The maximum Gasteiger partial charge on any atom is 0.251 e. The van der Waals surface area contributed by atoms with Crippen molar-refractivity contribution in [2.75, 3.05) is 20.7 Å². The lowest BCUT2D eigenvalue weighted by Gasteiger charge is -2.28. The SMILES string of the molecule is CNS(=O)(=O)c1cc(C(=O)NC2CCNC(C)C2)ccc1OC.Cl. The normalized spacial score (nSPS) is 20.8. The van der Waals surface area contributed by atoms with Crippen LogP contribution in [0, 0.1) is 0 Å². The molecule has 0 saturated carbocycles. The molecule has 1 aromatic rings. The number of halogens is 1. The molecule has 24 heavy (non-hydrogen) atoms. The van der Waals surface area contributed by atoms with Crippen molar-refractivity contribution in [2.45, 2.75) is 36.7 Å². The molecule has 3 N–H and O–H groups in total. The Hall–Kier alpha value is -1.35. The van der Waals surface area contributed by atoms with Crippen molar-refractivity contribution in [1.82, 2.24) is 15.4 Å². The van der Waals surface area contributed by atoms with Crippen LogP contribution in [0.25, 0.3) is 0 Å². The van der Waals surface area contributed by atoms with Gasteiger partial charge in [0.1, 0.15) is 10.6 Å². The van der Waals surface area contributed by atoms with E-state index in [4.69, 9.17) is 4.74 Å². The molecule has 1 aliphatic heterocycles. The summed E-state index contributed by atoms with van der Waals surface area (Å²) in [7, 11) is -0.997. The zero-order valence-electron chi connectivity index (χ0n) is 14.0. The Kier molecular flexibility index (Phi) is 7.47. The quantitative estimate of drug-likeness (QED) is 0.708. The van der Waals surface area contributed by atoms with Crippen LogP contribution < -0.4 is 20.1 Å². The lowest BCUT2D eigenvalue weighted by atomic mass is 10.0. The van der Waals surface area contributed by atoms with E-state index in [1.807, 2.05) is 0 Å². The number of sulfonamides is 1. The number of rotatable bonds is 5. The minimum Gasteiger partial charge on any atom is -0.495 e. The molecule has 1 aliphatic rings. The minimum absolute atomic E-state index is 0. The topological polar surface area (TPSA) is 96.5 Å². The highest BCUT2D eigenvalue weighted by atomic mass is 35.5. The second kappa shape index (κ2) is 8.66. The van der Waals surface area contributed by atoms with E-state index in [0.29, 0.717) is 11.6 Å². The first-order valence-electron chi connectivity index (χ1n) is 7.53. The van der Waals surface area contributed by atoms with Gasteiger partial charge in [0.25, 0.3) is 5.91 Å². The predicted octanol–water partition coefficient (Wildman–Crippen LogP) is 0.895. The second-order valence-electron chi connectivity index (χ2n) is 5.62. The predicted molar refractivity (Wildman–Crippen MR) is 94.4 cm³/mol. The summed E-state index contributed by atoms with van der Waals surface area (Å²) in [4.78, 5) is 12.4. The summed E-state index contributed by atoms with van der Waals surface area (Å²) >= 11 is 0. The van der Waals surface area contributed by atoms with Crippen LogP contribution in [-0.2, 0) is 10.0 Å². The van der Waals surface area contributed by atoms with Crippen LogP contribution >= 0.6 is 12.4 Å². The molecule has 7 nitrogen and oxygen atoms in total. The Balaban J connectivity index is 0.00000288. The number of amides is 1. The van der Waals surface area contributed by atoms with Crippen LogP contribution in [0.3, 0.4) is 0 Å². The summed E-state index contributed by atoms with van der Waals surface area (Å²) in [6.07, 6.45) is 1.71. The molecule has 1 heterocycles. The van der Waals surface area contributed by atoms with Crippen molar-refractivity contribution in [3.63, 3.8) is 0 Å². The average Bonchev–Trinajstić information content (AvgIpc) is 2.54. The Labute approximate surface area is 149 Å². The first-order valence-corrected chi connectivity index (χ1v) is 9.01. The van der Waals surface area contributed by atoms with Gasteiger partial charge in [-0.2, -0.15) is 0 Å². The fourth-order valence-electron chi connectivity index (χ4n) is 2.67. The lowest BCUT2D eigenvalue weighted by molar-refractivity contribution is 0.0925. The van der Waals surface area contributed by atoms with Gasteiger partial charge in [-0.15, -0.1) is 12.4 Å². The average molecular weight is 378 g/mol. The van der Waals surface area contributed by atoms with Gasteiger partial charge < -0.3 is 15.4 Å². The summed E-state index contributed by atoms with van der Waals surface area (Å²) in [5, 5.41) is 6.29. The molecule has 2 atom stereocenters. The molecular formula is C15H24ClN3O4S. The van der Waals surface area contributed by atoms with Crippen molar-refractivity contribution in [3.8, 4) is 5.75 Å². The van der Waals surface area contributed by atoms with E-state index in [1.54, 1.807) is 6.07 Å². The standard InChI is InChI=1S/C15H23N3O4S.ClH/c1-10-8-12(6-7-17-10)18-15(19)11-4-5-13(22-3)14(9-11)23(20,21)16-2;/h4-5,9-10,12,16-17H,6-8H2,1-3H3,(H,18,19);1H. The molecule has 2 rings (SSSR count). The molecule has 1 fully saturated rings. The largest absolute Gasteiger partial charge is 0.495 e. The third-order valence-corrected chi connectivity index (χ3v) is 5.38. The highest BCUT2D eigenvalue weighted by Gasteiger charge is 2.23. The number of hydrogen-bond donors (Lipinski definition) is 3. The fraction of sp³-hybridized carbons (Fsp3) is 0.533. The van der Waals surface area contributed by atoms with E-state index in [2.05, 4.69) is 22.3 Å². The summed E-state index contributed by atoms with van der Waals surface area (Å²) in [5.74, 6) is -0.0781. The number of benzene rings is 1. The van der Waals surface area contributed by atoms with Crippen LogP contribution in [-0.4, -0.2) is 47.1 Å². The summed E-state index contributed by atoms with van der Waals surface area (Å²) in [5.41, 5.74) is 0.297. The molecule has 0 radical (unpaired) electrons. The molecule has 0 aromatic heterocycles. The summed E-state index contributed by atoms with van der Waals surface area (Å²) in [6.45, 7) is 2.93. The van der Waals surface area contributed by atoms with Crippen molar-refractivity contribution < 1.29 is 17.9 Å². The Morgan fingerprint density at radius 3 is 2.67 bits per heavy atom. The van der Waals surface area contributed by atoms with Crippen LogP contribution in [0.4, 0.5) is 0 Å². The van der Waals surface area contributed by atoms with E-state index in [0.717, 1.165) is 19.4 Å². The fourth-order valence-corrected chi connectivity index (χ4v) is 3.59. The van der Waals surface area contributed by atoms with Gasteiger partial charge in [0.15, 0.2) is 0 Å². The monoisotopic (exact) mass is 377 g/mol. The van der Waals surface area contributed by atoms with Crippen LogP contribution in [0.1, 0.15) is 30.1 Å². The van der Waals surface area contributed by atoms with E-state index < -0.39 is 10.0 Å².